The van der Waals surface area contributed by atoms with E-state index in [-0.39, 0.29) is 0 Å². The zero-order valence-electron chi connectivity index (χ0n) is 9.50. The monoisotopic (exact) mass is 232 g/mol. The summed E-state index contributed by atoms with van der Waals surface area (Å²) in [6.45, 7) is 0. The molecule has 0 atom stereocenters. The first-order valence-electron chi connectivity index (χ1n) is 5.73. The van der Waals surface area contributed by atoms with E-state index in [0.29, 0.717) is 6.42 Å². The predicted octanol–water partition coefficient (Wildman–Crippen LogP) is 4.14. The lowest BCUT2D eigenvalue weighted by molar-refractivity contribution is 0.578. The fraction of sp³-hybridized carbons (Fsp3) is 0.200. The van der Waals surface area contributed by atoms with Crippen LogP contribution in [0, 0.1) is 11.6 Å². The molecule has 0 nitrogen and oxygen atoms in total. The lowest BCUT2D eigenvalue weighted by Crippen LogP contribution is -1.92. The second-order valence-electron chi connectivity index (χ2n) is 4.12. The highest BCUT2D eigenvalue weighted by Gasteiger charge is 2.00. The molecule has 88 valence electrons. The van der Waals surface area contributed by atoms with Crippen molar-refractivity contribution < 1.29 is 8.78 Å². The van der Waals surface area contributed by atoms with Gasteiger partial charge in [0.25, 0.3) is 0 Å². The first-order valence-corrected chi connectivity index (χ1v) is 5.73. The normalized spacial score (nSPS) is 10.5. The van der Waals surface area contributed by atoms with E-state index in [9.17, 15) is 8.78 Å². The molecule has 0 fully saturated rings. The molecule has 0 spiro atoms. The molecule has 0 aliphatic carbocycles. The van der Waals surface area contributed by atoms with Gasteiger partial charge in [0.15, 0.2) is 0 Å². The van der Waals surface area contributed by atoms with Gasteiger partial charge in [0.05, 0.1) is 0 Å². The first kappa shape index (κ1) is 11.8. The Morgan fingerprint density at radius 2 is 1.29 bits per heavy atom. The van der Waals surface area contributed by atoms with Crippen molar-refractivity contribution in [1.29, 1.82) is 0 Å². The van der Waals surface area contributed by atoms with E-state index in [4.69, 9.17) is 0 Å². The number of hydrogen-bond acceptors (Lipinski definition) is 0. The first-order chi connectivity index (χ1) is 8.24. The van der Waals surface area contributed by atoms with Crippen LogP contribution >= 0.6 is 0 Å². The molecule has 0 heterocycles. The standard InChI is InChI=1S/C15H14F2/c16-14-9-13(10-15(17)11-14)8-4-7-12-5-2-1-3-6-12/h1-3,5-6,9-11H,4,7-8H2. The van der Waals surface area contributed by atoms with Crippen LogP contribution in [-0.2, 0) is 12.8 Å². The van der Waals surface area contributed by atoms with Crippen molar-refractivity contribution in [2.45, 2.75) is 19.3 Å². The molecule has 0 saturated heterocycles. The Kier molecular flexibility index (Phi) is 3.86. The minimum Gasteiger partial charge on any atom is -0.207 e. The molecular formula is C15H14F2. The van der Waals surface area contributed by atoms with E-state index in [0.717, 1.165) is 24.5 Å². The van der Waals surface area contributed by atoms with Crippen LogP contribution in [0.25, 0.3) is 0 Å². The molecule has 0 amide bonds. The number of benzene rings is 2. The van der Waals surface area contributed by atoms with Crippen LogP contribution in [0.5, 0.6) is 0 Å². The maximum absolute atomic E-state index is 12.9. The van der Waals surface area contributed by atoms with Crippen molar-refractivity contribution >= 4 is 0 Å². The fourth-order valence-corrected chi connectivity index (χ4v) is 1.90. The van der Waals surface area contributed by atoms with Crippen molar-refractivity contribution in [1.82, 2.24) is 0 Å². The molecule has 2 rings (SSSR count). The van der Waals surface area contributed by atoms with E-state index in [1.807, 2.05) is 18.2 Å². The van der Waals surface area contributed by atoms with Crippen LogP contribution in [0.15, 0.2) is 48.5 Å². The second-order valence-corrected chi connectivity index (χ2v) is 4.12. The highest BCUT2D eigenvalue weighted by atomic mass is 19.1. The lowest BCUT2D eigenvalue weighted by Gasteiger charge is -2.03. The summed E-state index contributed by atoms with van der Waals surface area (Å²) in [6, 6.07) is 13.8. The van der Waals surface area contributed by atoms with Gasteiger partial charge >= 0.3 is 0 Å². The third kappa shape index (κ3) is 3.66. The SMILES string of the molecule is Fc1cc(F)cc(CCCc2ccccc2)c1. The second kappa shape index (κ2) is 5.58. The minimum absolute atomic E-state index is 0.500. The van der Waals surface area contributed by atoms with Gasteiger partial charge in [-0.25, -0.2) is 8.78 Å². The smallest absolute Gasteiger partial charge is 0.126 e. The zero-order chi connectivity index (χ0) is 12.1. The predicted molar refractivity (Wildman–Crippen MR) is 64.8 cm³/mol. The van der Waals surface area contributed by atoms with Gasteiger partial charge in [-0.05, 0) is 42.5 Å². The van der Waals surface area contributed by atoms with Crippen molar-refractivity contribution in [3.05, 3.63) is 71.3 Å². The molecular weight excluding hydrogens is 218 g/mol. The molecule has 0 unspecified atom stereocenters. The Hall–Kier alpha value is -1.70. The molecule has 2 heteroatoms. The highest BCUT2D eigenvalue weighted by molar-refractivity contribution is 5.19. The maximum atomic E-state index is 12.9. The third-order valence-corrected chi connectivity index (χ3v) is 2.70. The van der Waals surface area contributed by atoms with E-state index in [2.05, 4.69) is 12.1 Å². The molecule has 0 N–H and O–H groups in total. The number of rotatable bonds is 4. The van der Waals surface area contributed by atoms with Gasteiger partial charge in [0, 0.05) is 6.07 Å². The van der Waals surface area contributed by atoms with E-state index in [1.165, 1.54) is 17.7 Å². The maximum Gasteiger partial charge on any atom is 0.126 e. The van der Waals surface area contributed by atoms with Crippen LogP contribution in [0.3, 0.4) is 0 Å². The van der Waals surface area contributed by atoms with Gasteiger partial charge in [0.1, 0.15) is 11.6 Å². The minimum atomic E-state index is -0.500. The highest BCUT2D eigenvalue weighted by Crippen LogP contribution is 2.12. The van der Waals surface area contributed by atoms with Crippen molar-refractivity contribution in [2.75, 3.05) is 0 Å². The Labute approximate surface area is 99.9 Å². The Morgan fingerprint density at radius 1 is 0.706 bits per heavy atom. The van der Waals surface area contributed by atoms with E-state index < -0.39 is 11.6 Å². The summed E-state index contributed by atoms with van der Waals surface area (Å²) in [6.07, 6.45) is 2.52. The Balaban J connectivity index is 1.90. The van der Waals surface area contributed by atoms with Gasteiger partial charge in [-0.2, -0.15) is 0 Å². The number of hydrogen-bond donors (Lipinski definition) is 0. The topological polar surface area (TPSA) is 0 Å². The Bertz CT molecular complexity index is 457. The molecule has 0 bridgehead atoms. The summed E-state index contributed by atoms with van der Waals surface area (Å²) in [7, 11) is 0. The van der Waals surface area contributed by atoms with E-state index >= 15 is 0 Å². The molecule has 2 aromatic carbocycles. The molecule has 0 radical (unpaired) electrons. The van der Waals surface area contributed by atoms with Gasteiger partial charge in [-0.3, -0.25) is 0 Å². The molecule has 2 aromatic rings. The largest absolute Gasteiger partial charge is 0.207 e. The average molecular weight is 232 g/mol. The fourth-order valence-electron chi connectivity index (χ4n) is 1.90. The summed E-state index contributed by atoms with van der Waals surface area (Å²) in [5, 5.41) is 0. The number of aryl methyl sites for hydroxylation is 2. The molecule has 0 saturated carbocycles. The average Bonchev–Trinajstić information content (AvgIpc) is 2.29. The van der Waals surface area contributed by atoms with Crippen LogP contribution in [-0.4, -0.2) is 0 Å². The quantitative estimate of drug-likeness (QED) is 0.743. The zero-order valence-corrected chi connectivity index (χ0v) is 9.50. The third-order valence-electron chi connectivity index (χ3n) is 2.70. The van der Waals surface area contributed by atoms with Gasteiger partial charge < -0.3 is 0 Å². The van der Waals surface area contributed by atoms with Crippen LogP contribution in [0.4, 0.5) is 8.78 Å². The summed E-state index contributed by atoms with van der Waals surface area (Å²) in [5.41, 5.74) is 1.97. The number of halogens is 2. The Morgan fingerprint density at radius 3 is 1.94 bits per heavy atom. The van der Waals surface area contributed by atoms with Crippen molar-refractivity contribution in [2.24, 2.45) is 0 Å². The molecule has 0 aliphatic rings. The van der Waals surface area contributed by atoms with Crippen molar-refractivity contribution in [3.63, 3.8) is 0 Å². The van der Waals surface area contributed by atoms with E-state index in [1.54, 1.807) is 0 Å². The molecule has 17 heavy (non-hydrogen) atoms. The summed E-state index contributed by atoms with van der Waals surface area (Å²) in [4.78, 5) is 0. The summed E-state index contributed by atoms with van der Waals surface area (Å²) >= 11 is 0. The van der Waals surface area contributed by atoms with Gasteiger partial charge in [-0.15, -0.1) is 0 Å². The van der Waals surface area contributed by atoms with Crippen LogP contribution in [0.2, 0.25) is 0 Å². The summed E-state index contributed by atoms with van der Waals surface area (Å²) in [5.74, 6) is -1.00. The molecule has 0 aliphatic heterocycles. The van der Waals surface area contributed by atoms with Crippen molar-refractivity contribution in [3.8, 4) is 0 Å². The van der Waals surface area contributed by atoms with Crippen LogP contribution in [0.1, 0.15) is 17.5 Å². The van der Waals surface area contributed by atoms with Crippen LogP contribution < -0.4 is 0 Å². The summed E-state index contributed by atoms with van der Waals surface area (Å²) < 4.78 is 25.9. The van der Waals surface area contributed by atoms with Gasteiger partial charge in [-0.1, -0.05) is 30.3 Å². The molecule has 0 aromatic heterocycles. The lowest BCUT2D eigenvalue weighted by atomic mass is 10.0. The van der Waals surface area contributed by atoms with Gasteiger partial charge in [0.2, 0.25) is 0 Å².